The lowest BCUT2D eigenvalue weighted by atomic mass is 10.1. The number of H-pyrrole nitrogens is 1. The number of carbonyl (C=O) groups excluding carboxylic acids is 1. The van der Waals surface area contributed by atoms with E-state index in [9.17, 15) is 9.59 Å². The van der Waals surface area contributed by atoms with Crippen LogP contribution < -0.4 is 5.69 Å². The number of imidazole rings is 1. The number of hydrogen-bond donors (Lipinski definition) is 1. The Labute approximate surface area is 128 Å². The van der Waals surface area contributed by atoms with Gasteiger partial charge in [0.05, 0.1) is 12.3 Å². The van der Waals surface area contributed by atoms with E-state index in [1.807, 2.05) is 11.8 Å². The van der Waals surface area contributed by atoms with Crippen LogP contribution in [0.25, 0.3) is 5.69 Å². The second-order valence-corrected chi connectivity index (χ2v) is 5.43. The average molecular weight is 301 g/mol. The molecule has 0 radical (unpaired) electrons. The highest BCUT2D eigenvalue weighted by Crippen LogP contribution is 2.15. The first-order chi connectivity index (χ1) is 10.7. The Morgan fingerprint density at radius 1 is 1.27 bits per heavy atom. The van der Waals surface area contributed by atoms with Gasteiger partial charge in [-0.05, 0) is 37.6 Å². The van der Waals surface area contributed by atoms with Crippen molar-refractivity contribution in [1.29, 1.82) is 0 Å². The summed E-state index contributed by atoms with van der Waals surface area (Å²) in [6.45, 7) is 3.92. The lowest BCUT2D eigenvalue weighted by Crippen LogP contribution is -2.39. The summed E-state index contributed by atoms with van der Waals surface area (Å²) >= 11 is 0. The van der Waals surface area contributed by atoms with Gasteiger partial charge in [-0.25, -0.2) is 4.79 Å². The van der Waals surface area contributed by atoms with Gasteiger partial charge in [0.15, 0.2) is 0 Å². The third-order valence-corrected chi connectivity index (χ3v) is 3.99. The predicted octanol–water partition coefficient (Wildman–Crippen LogP) is 1.42. The number of rotatable bonds is 2. The molecule has 1 atom stereocenters. The maximum atomic E-state index is 12.6. The van der Waals surface area contributed by atoms with Crippen LogP contribution in [0, 0.1) is 0 Å². The number of aromatic nitrogens is 2. The summed E-state index contributed by atoms with van der Waals surface area (Å²) in [6, 6.07) is 7.25. The van der Waals surface area contributed by atoms with E-state index in [1.54, 1.807) is 36.7 Å². The largest absolute Gasteiger partial charge is 0.380 e. The predicted molar refractivity (Wildman–Crippen MR) is 82.3 cm³/mol. The van der Waals surface area contributed by atoms with Gasteiger partial charge in [-0.15, -0.1) is 0 Å². The molecule has 0 bridgehead atoms. The molecule has 1 saturated heterocycles. The first-order valence-electron chi connectivity index (χ1n) is 7.42. The molecule has 0 aliphatic carbocycles. The minimum absolute atomic E-state index is 0.00552. The molecule has 3 rings (SSSR count). The van der Waals surface area contributed by atoms with Crippen LogP contribution in [-0.2, 0) is 4.74 Å². The summed E-state index contributed by atoms with van der Waals surface area (Å²) in [6.07, 6.45) is 4.09. The van der Waals surface area contributed by atoms with E-state index in [2.05, 4.69) is 4.98 Å². The Bertz CT molecular complexity index is 702. The number of benzene rings is 1. The van der Waals surface area contributed by atoms with Crippen molar-refractivity contribution in [3.63, 3.8) is 0 Å². The normalized spacial score (nSPS) is 19.0. The van der Waals surface area contributed by atoms with E-state index in [1.165, 1.54) is 4.57 Å². The molecule has 0 unspecified atom stereocenters. The first kappa shape index (κ1) is 14.6. The molecule has 116 valence electrons. The van der Waals surface area contributed by atoms with Gasteiger partial charge < -0.3 is 14.6 Å². The van der Waals surface area contributed by atoms with Gasteiger partial charge in [-0.1, -0.05) is 0 Å². The van der Waals surface area contributed by atoms with Crippen LogP contribution in [0.15, 0.2) is 41.5 Å². The molecule has 1 aliphatic heterocycles. The van der Waals surface area contributed by atoms with Crippen molar-refractivity contribution in [3.05, 3.63) is 52.7 Å². The fourth-order valence-corrected chi connectivity index (χ4v) is 2.65. The minimum atomic E-state index is -0.197. The van der Waals surface area contributed by atoms with Gasteiger partial charge in [0.25, 0.3) is 5.91 Å². The summed E-state index contributed by atoms with van der Waals surface area (Å²) < 4.78 is 6.92. The standard InChI is InChI=1S/C16H19N3O3/c1-12-6-10-22-11-9-18(12)15(20)13-2-4-14(5-3-13)19-8-7-17-16(19)21/h2-5,7-8,12H,6,9-11H2,1H3,(H,17,21)/t12-/m0/s1. The van der Waals surface area contributed by atoms with Crippen LogP contribution in [0.5, 0.6) is 0 Å². The van der Waals surface area contributed by atoms with E-state index in [0.717, 1.165) is 12.1 Å². The van der Waals surface area contributed by atoms with Crippen LogP contribution in [-0.4, -0.2) is 46.2 Å². The molecule has 0 spiro atoms. The van der Waals surface area contributed by atoms with Crippen LogP contribution in [0.4, 0.5) is 0 Å². The third kappa shape index (κ3) is 2.82. The van der Waals surface area contributed by atoms with E-state index in [-0.39, 0.29) is 17.6 Å². The monoisotopic (exact) mass is 301 g/mol. The van der Waals surface area contributed by atoms with Crippen molar-refractivity contribution in [3.8, 4) is 5.69 Å². The van der Waals surface area contributed by atoms with Gasteiger partial charge in [0, 0.05) is 37.2 Å². The fraction of sp³-hybridized carbons (Fsp3) is 0.375. The molecular weight excluding hydrogens is 282 g/mol. The van der Waals surface area contributed by atoms with E-state index in [0.29, 0.717) is 25.3 Å². The highest BCUT2D eigenvalue weighted by atomic mass is 16.5. The van der Waals surface area contributed by atoms with Crippen molar-refractivity contribution >= 4 is 5.91 Å². The first-order valence-corrected chi connectivity index (χ1v) is 7.42. The van der Waals surface area contributed by atoms with Crippen molar-refractivity contribution in [1.82, 2.24) is 14.5 Å². The number of hydrogen-bond acceptors (Lipinski definition) is 3. The molecule has 22 heavy (non-hydrogen) atoms. The van der Waals surface area contributed by atoms with Gasteiger partial charge in [-0.3, -0.25) is 9.36 Å². The van der Waals surface area contributed by atoms with Crippen LogP contribution in [0.3, 0.4) is 0 Å². The highest BCUT2D eigenvalue weighted by Gasteiger charge is 2.23. The highest BCUT2D eigenvalue weighted by molar-refractivity contribution is 5.94. The molecule has 1 fully saturated rings. The van der Waals surface area contributed by atoms with E-state index < -0.39 is 0 Å². The van der Waals surface area contributed by atoms with Crippen LogP contribution in [0.2, 0.25) is 0 Å². The number of ether oxygens (including phenoxy) is 1. The lowest BCUT2D eigenvalue weighted by Gasteiger charge is -2.26. The summed E-state index contributed by atoms with van der Waals surface area (Å²) in [4.78, 5) is 28.6. The van der Waals surface area contributed by atoms with Crippen molar-refractivity contribution in [2.24, 2.45) is 0 Å². The van der Waals surface area contributed by atoms with Gasteiger partial charge in [0.1, 0.15) is 0 Å². The van der Waals surface area contributed by atoms with E-state index >= 15 is 0 Å². The van der Waals surface area contributed by atoms with Crippen molar-refractivity contribution in [2.75, 3.05) is 19.8 Å². The SMILES string of the molecule is C[C@H]1CCOCCN1C(=O)c1ccc(-n2cc[nH]c2=O)cc1. The Hall–Kier alpha value is -2.34. The zero-order valence-corrected chi connectivity index (χ0v) is 12.5. The topological polar surface area (TPSA) is 67.3 Å². The Kier molecular flexibility index (Phi) is 4.11. The zero-order valence-electron chi connectivity index (χ0n) is 12.5. The molecule has 2 aromatic rings. The number of carbonyl (C=O) groups is 1. The number of amides is 1. The fourth-order valence-electron chi connectivity index (χ4n) is 2.65. The maximum Gasteiger partial charge on any atom is 0.330 e. The summed E-state index contributed by atoms with van der Waals surface area (Å²) in [7, 11) is 0. The molecule has 1 amide bonds. The number of aromatic amines is 1. The van der Waals surface area contributed by atoms with Crippen molar-refractivity contribution in [2.45, 2.75) is 19.4 Å². The van der Waals surface area contributed by atoms with E-state index in [4.69, 9.17) is 4.74 Å². The molecule has 1 aromatic carbocycles. The number of nitrogens with one attached hydrogen (secondary N) is 1. The molecule has 6 heteroatoms. The number of nitrogens with zero attached hydrogens (tertiary/aromatic N) is 2. The maximum absolute atomic E-state index is 12.6. The van der Waals surface area contributed by atoms with Crippen LogP contribution in [0.1, 0.15) is 23.7 Å². The minimum Gasteiger partial charge on any atom is -0.380 e. The molecular formula is C16H19N3O3. The Morgan fingerprint density at radius 2 is 2.05 bits per heavy atom. The summed E-state index contributed by atoms with van der Waals surface area (Å²) in [5.74, 6) is 0.00552. The second-order valence-electron chi connectivity index (χ2n) is 5.43. The van der Waals surface area contributed by atoms with Gasteiger partial charge in [-0.2, -0.15) is 0 Å². The quantitative estimate of drug-likeness (QED) is 0.912. The molecule has 2 heterocycles. The van der Waals surface area contributed by atoms with Gasteiger partial charge >= 0.3 is 5.69 Å². The molecule has 1 N–H and O–H groups in total. The average Bonchev–Trinajstić information content (AvgIpc) is 2.84. The third-order valence-electron chi connectivity index (χ3n) is 3.99. The zero-order chi connectivity index (χ0) is 15.5. The van der Waals surface area contributed by atoms with Crippen LogP contribution >= 0.6 is 0 Å². The molecule has 1 aromatic heterocycles. The van der Waals surface area contributed by atoms with Gasteiger partial charge in [0.2, 0.25) is 0 Å². The molecule has 1 aliphatic rings. The lowest BCUT2D eigenvalue weighted by molar-refractivity contribution is 0.0687. The van der Waals surface area contributed by atoms with Crippen molar-refractivity contribution < 1.29 is 9.53 Å². The molecule has 6 nitrogen and oxygen atoms in total. The summed E-state index contributed by atoms with van der Waals surface area (Å²) in [5.41, 5.74) is 1.16. The Balaban J connectivity index is 1.81. The smallest absolute Gasteiger partial charge is 0.330 e. The second kappa shape index (κ2) is 6.19. The summed E-state index contributed by atoms with van der Waals surface area (Å²) in [5, 5.41) is 0. The Morgan fingerprint density at radius 3 is 2.73 bits per heavy atom. The molecule has 0 saturated carbocycles.